The number of nitrogens with one attached hydrogen (secondary N) is 2. The molecule has 9 heteroatoms. The summed E-state index contributed by atoms with van der Waals surface area (Å²) in [5, 5.41) is 4.95. The predicted molar refractivity (Wildman–Crippen MR) is 128 cm³/mol. The third-order valence-electron chi connectivity index (χ3n) is 5.07. The van der Waals surface area contributed by atoms with E-state index in [0.717, 1.165) is 16.7 Å². The van der Waals surface area contributed by atoms with Gasteiger partial charge in [0.25, 0.3) is 0 Å². The van der Waals surface area contributed by atoms with Crippen molar-refractivity contribution in [1.82, 2.24) is 0 Å². The number of benzene rings is 3. The van der Waals surface area contributed by atoms with E-state index in [1.807, 2.05) is 38.2 Å². The van der Waals surface area contributed by atoms with Gasteiger partial charge in [0.15, 0.2) is 5.78 Å². The van der Waals surface area contributed by atoms with Crippen molar-refractivity contribution in [2.45, 2.75) is 26.9 Å². The second kappa shape index (κ2) is 9.57. The first-order valence-corrected chi connectivity index (χ1v) is 10.9. The number of amides is 1. The van der Waals surface area contributed by atoms with Gasteiger partial charge in [0.2, 0.25) is 0 Å². The molecule has 0 radical (unpaired) electrons. The fourth-order valence-corrected chi connectivity index (χ4v) is 3.77. The Hall–Kier alpha value is -2.84. The Labute approximate surface area is 202 Å². The number of ketones is 1. The van der Waals surface area contributed by atoms with E-state index in [-0.39, 0.29) is 22.2 Å². The van der Waals surface area contributed by atoms with Crippen LogP contribution >= 0.6 is 27.5 Å². The molecule has 0 saturated heterocycles. The molecule has 0 aliphatic rings. The minimum Gasteiger partial charge on any atom is -0.353 e. The predicted octanol–water partition coefficient (Wildman–Crippen LogP) is 7.50. The van der Waals surface area contributed by atoms with Crippen LogP contribution in [-0.2, 0) is 4.79 Å². The molecular weight excluding hydrogens is 521 g/mol. The summed E-state index contributed by atoms with van der Waals surface area (Å²) < 4.78 is 38.6. The van der Waals surface area contributed by atoms with E-state index in [1.165, 1.54) is 24.3 Å². The van der Waals surface area contributed by atoms with Gasteiger partial charge in [-0.2, -0.15) is 13.2 Å². The average Bonchev–Trinajstić information content (AvgIpc) is 2.72. The van der Waals surface area contributed by atoms with Gasteiger partial charge in [-0.05, 0) is 79.9 Å². The molecule has 2 N–H and O–H groups in total. The summed E-state index contributed by atoms with van der Waals surface area (Å²) in [6.45, 7) is 5.77. The van der Waals surface area contributed by atoms with Gasteiger partial charge in [0.1, 0.15) is 0 Å². The molecule has 172 valence electrons. The highest BCUT2D eigenvalue weighted by Crippen LogP contribution is 2.34. The third-order valence-corrected chi connectivity index (χ3v) is 5.88. The summed E-state index contributed by atoms with van der Waals surface area (Å²) in [5.41, 5.74) is 4.33. The smallest absolute Gasteiger partial charge is 0.353 e. The Bertz CT molecular complexity index is 1260. The van der Waals surface area contributed by atoms with Crippen LogP contribution in [0.25, 0.3) is 0 Å². The number of halogens is 5. The number of carbonyl (C=O) groups is 2. The highest BCUT2D eigenvalue weighted by Gasteiger charge is 2.39. The van der Waals surface area contributed by atoms with E-state index in [9.17, 15) is 22.8 Å². The van der Waals surface area contributed by atoms with E-state index in [2.05, 4.69) is 21.2 Å². The average molecular weight is 540 g/mol. The molecule has 3 aromatic rings. The summed E-state index contributed by atoms with van der Waals surface area (Å²) in [6, 6.07) is 12.7. The number of hydrogen-bond acceptors (Lipinski definition) is 3. The first kappa shape index (κ1) is 24.8. The number of hydrogen-bond donors (Lipinski definition) is 2. The monoisotopic (exact) mass is 538 g/mol. The molecule has 1 amide bonds. The number of alkyl halides is 3. The van der Waals surface area contributed by atoms with Gasteiger partial charge in [-0.3, -0.25) is 9.59 Å². The molecule has 4 nitrogen and oxygen atoms in total. The molecule has 0 spiro atoms. The van der Waals surface area contributed by atoms with Crippen LogP contribution in [0.4, 0.5) is 30.2 Å². The Morgan fingerprint density at radius 3 is 2.12 bits per heavy atom. The van der Waals surface area contributed by atoms with Crippen LogP contribution in [0.5, 0.6) is 0 Å². The van der Waals surface area contributed by atoms with Crippen LogP contribution in [0.3, 0.4) is 0 Å². The van der Waals surface area contributed by atoms with Crippen LogP contribution in [-0.4, -0.2) is 17.9 Å². The molecule has 0 aliphatic carbocycles. The Morgan fingerprint density at radius 1 is 0.848 bits per heavy atom. The lowest BCUT2D eigenvalue weighted by atomic mass is 9.95. The van der Waals surface area contributed by atoms with Crippen molar-refractivity contribution in [3.05, 3.63) is 85.8 Å². The highest BCUT2D eigenvalue weighted by atomic mass is 79.9. The third kappa shape index (κ3) is 5.75. The van der Waals surface area contributed by atoms with E-state index in [4.69, 9.17) is 11.6 Å². The first-order valence-electron chi connectivity index (χ1n) is 9.73. The van der Waals surface area contributed by atoms with Crippen molar-refractivity contribution in [2.75, 3.05) is 10.6 Å². The quantitative estimate of drug-likeness (QED) is 0.330. The van der Waals surface area contributed by atoms with Gasteiger partial charge >= 0.3 is 12.1 Å². The van der Waals surface area contributed by atoms with E-state index >= 15 is 0 Å². The van der Waals surface area contributed by atoms with Crippen LogP contribution in [0, 0.1) is 20.8 Å². The lowest BCUT2D eigenvalue weighted by Crippen LogP contribution is -2.30. The van der Waals surface area contributed by atoms with Crippen molar-refractivity contribution in [1.29, 1.82) is 0 Å². The van der Waals surface area contributed by atoms with Crippen molar-refractivity contribution in [3.8, 4) is 0 Å². The Kier molecular flexibility index (Phi) is 7.19. The fourth-order valence-electron chi connectivity index (χ4n) is 3.19. The van der Waals surface area contributed by atoms with Gasteiger partial charge < -0.3 is 10.6 Å². The standard InChI is InChI=1S/C24H19BrClF3N2O2/c1-12-8-14(3)17(9-13(12)2)22(32)15-4-6-19(18(26)10-15)30-21-11-16(25)5-7-20(21)31-23(33)24(27,28)29/h4-11,30H,1-3H3,(H,31,33). The van der Waals surface area contributed by atoms with Gasteiger partial charge in [-0.25, -0.2) is 0 Å². The van der Waals surface area contributed by atoms with Gasteiger partial charge in [-0.1, -0.05) is 33.6 Å². The topological polar surface area (TPSA) is 58.2 Å². The SMILES string of the molecule is Cc1cc(C)c(C(=O)c2ccc(Nc3cc(Br)ccc3NC(=O)C(F)(F)F)c(Cl)c2)cc1C. The van der Waals surface area contributed by atoms with E-state index in [1.54, 1.807) is 12.1 Å². The fraction of sp³-hybridized carbons (Fsp3) is 0.167. The summed E-state index contributed by atoms with van der Waals surface area (Å²) in [7, 11) is 0. The molecule has 0 bridgehead atoms. The van der Waals surface area contributed by atoms with Crippen LogP contribution < -0.4 is 10.6 Å². The molecule has 0 saturated carbocycles. The van der Waals surface area contributed by atoms with Crippen molar-refractivity contribution < 1.29 is 22.8 Å². The van der Waals surface area contributed by atoms with Crippen LogP contribution in [0.1, 0.15) is 32.6 Å². The lowest BCUT2D eigenvalue weighted by Gasteiger charge is -2.16. The normalized spacial score (nSPS) is 11.3. The maximum Gasteiger partial charge on any atom is 0.471 e. The zero-order valence-electron chi connectivity index (χ0n) is 17.8. The van der Waals surface area contributed by atoms with E-state index < -0.39 is 12.1 Å². The number of rotatable bonds is 5. The van der Waals surface area contributed by atoms with E-state index in [0.29, 0.717) is 21.3 Å². The van der Waals surface area contributed by atoms with Gasteiger partial charge in [-0.15, -0.1) is 0 Å². The maximum atomic E-state index is 13.0. The second-order valence-electron chi connectivity index (χ2n) is 7.54. The summed E-state index contributed by atoms with van der Waals surface area (Å²) in [5.74, 6) is -2.28. The number of aryl methyl sites for hydroxylation is 3. The summed E-state index contributed by atoms with van der Waals surface area (Å²) in [4.78, 5) is 24.4. The Morgan fingerprint density at radius 2 is 1.48 bits per heavy atom. The second-order valence-corrected chi connectivity index (χ2v) is 8.86. The molecule has 3 aromatic carbocycles. The minimum absolute atomic E-state index is 0.0810. The van der Waals surface area contributed by atoms with Crippen LogP contribution in [0.15, 0.2) is 53.0 Å². The Balaban J connectivity index is 1.90. The molecule has 3 rings (SSSR count). The lowest BCUT2D eigenvalue weighted by molar-refractivity contribution is -0.167. The number of anilines is 3. The summed E-state index contributed by atoms with van der Waals surface area (Å²) in [6.07, 6.45) is -5.03. The molecule has 0 unspecified atom stereocenters. The van der Waals surface area contributed by atoms with Crippen molar-refractivity contribution in [2.24, 2.45) is 0 Å². The number of carbonyl (C=O) groups excluding carboxylic acids is 2. The summed E-state index contributed by atoms with van der Waals surface area (Å²) >= 11 is 9.64. The van der Waals surface area contributed by atoms with Crippen molar-refractivity contribution >= 4 is 56.3 Å². The molecule has 33 heavy (non-hydrogen) atoms. The minimum atomic E-state index is -5.03. The molecule has 0 atom stereocenters. The zero-order valence-corrected chi connectivity index (χ0v) is 20.2. The zero-order chi connectivity index (χ0) is 24.5. The largest absolute Gasteiger partial charge is 0.471 e. The first-order chi connectivity index (χ1) is 15.4. The molecule has 0 aromatic heterocycles. The molecular formula is C24H19BrClF3N2O2. The van der Waals surface area contributed by atoms with Crippen molar-refractivity contribution in [3.63, 3.8) is 0 Å². The molecule has 0 heterocycles. The maximum absolute atomic E-state index is 13.0. The van der Waals surface area contributed by atoms with Gasteiger partial charge in [0.05, 0.1) is 22.1 Å². The molecule has 0 fully saturated rings. The highest BCUT2D eigenvalue weighted by molar-refractivity contribution is 9.10. The molecule has 0 aliphatic heterocycles. The van der Waals surface area contributed by atoms with Crippen LogP contribution in [0.2, 0.25) is 5.02 Å². The van der Waals surface area contributed by atoms with Gasteiger partial charge in [0, 0.05) is 15.6 Å².